The molecule has 0 radical (unpaired) electrons. The Morgan fingerprint density at radius 1 is 0.323 bits per heavy atom. The van der Waals surface area contributed by atoms with Gasteiger partial charge in [-0.05, 0) is 0 Å². The van der Waals surface area contributed by atoms with E-state index in [2.05, 4.69) is 41.5 Å². The van der Waals surface area contributed by atoms with E-state index in [1.807, 2.05) is 0 Å². The predicted molar refractivity (Wildman–Crippen MR) is 141 cm³/mol. The van der Waals surface area contributed by atoms with Crippen molar-refractivity contribution in [2.24, 2.45) is 0 Å². The van der Waals surface area contributed by atoms with Crippen LogP contribution in [0.3, 0.4) is 0 Å². The minimum atomic E-state index is 0. The molecule has 0 aromatic carbocycles. The summed E-state index contributed by atoms with van der Waals surface area (Å²) >= 11 is 0.448. The molecule has 31 heavy (non-hydrogen) atoms. The smallest absolute Gasteiger partial charge is 0.870 e. The molecule has 0 aliphatic heterocycles. The van der Waals surface area contributed by atoms with Crippen LogP contribution in [0.2, 0.25) is 26.6 Å². The normalized spacial score (nSPS) is 7.94. The Hall–Kier alpha value is 2.24. The van der Waals surface area contributed by atoms with Crippen molar-refractivity contribution in [3.05, 3.63) is 0 Å². The van der Waals surface area contributed by atoms with Gasteiger partial charge in [0.15, 0.2) is 0 Å². The van der Waals surface area contributed by atoms with Gasteiger partial charge in [0.25, 0.3) is 0 Å². The molecule has 4 nitrogen and oxygen atoms in total. The van der Waals surface area contributed by atoms with E-state index < -0.39 is 0 Å². The van der Waals surface area contributed by atoms with Gasteiger partial charge in [-0.2, -0.15) is 0 Å². The van der Waals surface area contributed by atoms with E-state index in [4.69, 9.17) is 0 Å². The zero-order chi connectivity index (χ0) is 20.8. The maximum absolute atomic E-state index is 2.29. The summed E-state index contributed by atoms with van der Waals surface area (Å²) in [6.45, 7) is 13.7. The van der Waals surface area contributed by atoms with Crippen molar-refractivity contribution >= 4 is 63.4 Å². The van der Waals surface area contributed by atoms with Crippen LogP contribution in [0.25, 0.3) is 0 Å². The fourth-order valence-electron chi connectivity index (χ4n) is 2.19. The van der Waals surface area contributed by atoms with Crippen molar-refractivity contribution in [1.29, 1.82) is 0 Å². The Kier molecular flexibility index (Phi) is 94.3. The van der Waals surface area contributed by atoms with E-state index in [1.165, 1.54) is 77.0 Å². The average Bonchev–Trinajstić information content (AvgIpc) is 2.69. The molecular weight excluding hydrogens is 708 g/mol. The van der Waals surface area contributed by atoms with Crippen LogP contribution in [0, 0.1) is 0 Å². The summed E-state index contributed by atoms with van der Waals surface area (Å²) in [4.78, 5) is 0. The van der Waals surface area contributed by atoms with Gasteiger partial charge >= 0.3 is 209 Å². The maximum atomic E-state index is 2.29. The summed E-state index contributed by atoms with van der Waals surface area (Å²) in [7, 11) is 0. The number of unbranched alkanes of at least 4 members (excludes halogenated alkanes) is 6. The number of hydrogen-bond donors (Lipinski definition) is 0. The molecule has 7 heteroatoms. The second-order valence-electron chi connectivity index (χ2n) is 7.37. The van der Waals surface area contributed by atoms with Crippen LogP contribution in [-0.2, 0) is 11.0 Å². The zero-order valence-electron chi connectivity index (χ0n) is 21.9. The topological polar surface area (TPSA) is 117 Å². The molecule has 188 valence electrons. The fraction of sp³-hybridized carbons (Fsp3) is 1.00. The monoisotopic (exact) mass is 768 g/mol. The molecule has 0 unspecified atom stereocenters. The van der Waals surface area contributed by atoms with Crippen molar-refractivity contribution < 1.29 is 21.9 Å². The molecular formula is C24H56O4Sn3. The van der Waals surface area contributed by atoms with Crippen molar-refractivity contribution in [2.75, 3.05) is 0 Å². The number of rotatable bonds is 18. The van der Waals surface area contributed by atoms with Gasteiger partial charge in [-0.1, -0.05) is 0 Å². The standard InChI is InChI=1S/6C4H9.2H2O.2O.3Sn/c6*1-3-4-2;;;;;;;/h6*1,3-4H2,2H3;2*1H2;;;;;/q;;;;;;;;2*-2;3*+2/p-2. The molecule has 0 fully saturated rings. The minimum absolute atomic E-state index is 0. The Balaban J connectivity index is -0.0000000524. The van der Waals surface area contributed by atoms with Crippen molar-refractivity contribution in [1.82, 2.24) is 0 Å². The Morgan fingerprint density at radius 3 is 0.548 bits per heavy atom. The van der Waals surface area contributed by atoms with E-state index in [0.717, 1.165) is 0 Å². The third kappa shape index (κ3) is 72.0. The molecule has 0 amide bonds. The van der Waals surface area contributed by atoms with E-state index in [-0.39, 0.29) is 85.3 Å². The molecule has 0 aliphatic carbocycles. The maximum Gasteiger partial charge on any atom is -0.870 e. The van der Waals surface area contributed by atoms with Crippen LogP contribution in [0.1, 0.15) is 119 Å². The van der Waals surface area contributed by atoms with Gasteiger partial charge in [0.2, 0.25) is 0 Å². The molecule has 0 spiro atoms. The van der Waals surface area contributed by atoms with Crippen LogP contribution in [0.5, 0.6) is 0 Å². The predicted octanol–water partition coefficient (Wildman–Crippen LogP) is 8.79. The summed E-state index contributed by atoms with van der Waals surface area (Å²) in [5, 5.41) is 0. The minimum Gasteiger partial charge on any atom is -2.00 e. The zero-order valence-corrected chi connectivity index (χ0v) is 30.5. The summed E-state index contributed by atoms with van der Waals surface area (Å²) in [5.74, 6) is 0. The Labute approximate surface area is 228 Å². The van der Waals surface area contributed by atoms with Gasteiger partial charge in [0.1, 0.15) is 0 Å². The van der Waals surface area contributed by atoms with Crippen molar-refractivity contribution in [2.45, 2.75) is 145 Å². The van der Waals surface area contributed by atoms with E-state index in [1.54, 1.807) is 26.6 Å². The molecule has 2 N–H and O–H groups in total. The van der Waals surface area contributed by atoms with Gasteiger partial charge in [-0.25, -0.2) is 0 Å². The van der Waals surface area contributed by atoms with Gasteiger partial charge in [0.05, 0.1) is 0 Å². The molecule has 0 aromatic heterocycles. The van der Waals surface area contributed by atoms with Crippen LogP contribution >= 0.6 is 0 Å². The quantitative estimate of drug-likeness (QED) is 0.103. The molecule has 0 saturated heterocycles. The fourth-order valence-corrected chi connectivity index (χ4v) is 14.7. The third-order valence-electron chi connectivity index (χ3n) is 4.24. The van der Waals surface area contributed by atoms with Crippen LogP contribution in [-0.4, -0.2) is 74.4 Å². The van der Waals surface area contributed by atoms with Gasteiger partial charge in [-0.3, -0.25) is 0 Å². The van der Waals surface area contributed by atoms with Crippen LogP contribution < -0.4 is 0 Å². The first-order chi connectivity index (χ1) is 13.2. The molecule has 0 heterocycles. The van der Waals surface area contributed by atoms with E-state index in [0.29, 0.717) is 0 Å². The molecule has 0 bridgehead atoms. The summed E-state index contributed by atoms with van der Waals surface area (Å²) < 4.78 is 9.75. The second-order valence-corrected chi connectivity index (χ2v) is 20.2. The molecule has 0 aliphatic rings. The summed E-state index contributed by atoms with van der Waals surface area (Å²) in [5.41, 5.74) is 0. The summed E-state index contributed by atoms with van der Waals surface area (Å²) in [6, 6.07) is 0. The van der Waals surface area contributed by atoms with Crippen molar-refractivity contribution in [3.63, 3.8) is 0 Å². The first-order valence-electron chi connectivity index (χ1n) is 12.4. The largest absolute Gasteiger partial charge is 2.00 e. The Morgan fingerprint density at radius 2 is 0.452 bits per heavy atom. The Bertz CT molecular complexity index is 164. The molecule has 0 atom stereocenters. The molecule has 0 rings (SSSR count). The van der Waals surface area contributed by atoms with Crippen molar-refractivity contribution in [3.8, 4) is 0 Å². The molecule has 0 saturated carbocycles. The van der Waals surface area contributed by atoms with Gasteiger partial charge in [-0.15, -0.1) is 0 Å². The second kappa shape index (κ2) is 58.3. The first-order valence-corrected chi connectivity index (χ1v) is 24.5. The SMILES string of the molecule is CCC[CH2][Sn+2][CH2]CCC.CCC[CH2][Sn+2][CH2]CCC.CCC[CH2][Sn+2][CH2]CCC.[O-2].[O-2].[OH-].[OH-]. The van der Waals surface area contributed by atoms with E-state index in [9.17, 15) is 0 Å². The number of hydrogen-bond acceptors (Lipinski definition) is 2. The average molecular weight is 765 g/mol. The van der Waals surface area contributed by atoms with Gasteiger partial charge < -0.3 is 21.9 Å². The third-order valence-corrected chi connectivity index (χ3v) is 16.4. The van der Waals surface area contributed by atoms with Gasteiger partial charge in [0, 0.05) is 0 Å². The van der Waals surface area contributed by atoms with E-state index >= 15 is 0 Å². The molecule has 0 aromatic rings. The van der Waals surface area contributed by atoms with Crippen LogP contribution in [0.4, 0.5) is 0 Å². The summed E-state index contributed by atoms with van der Waals surface area (Å²) in [6.07, 6.45) is 17.5. The first kappa shape index (κ1) is 50.2. The van der Waals surface area contributed by atoms with Crippen LogP contribution in [0.15, 0.2) is 0 Å².